The van der Waals surface area contributed by atoms with Crippen molar-refractivity contribution in [1.82, 2.24) is 10.2 Å². The van der Waals surface area contributed by atoms with Gasteiger partial charge in [0.05, 0.1) is 6.61 Å². The van der Waals surface area contributed by atoms with Crippen LogP contribution in [0.2, 0.25) is 0 Å². The van der Waals surface area contributed by atoms with E-state index in [4.69, 9.17) is 10.5 Å². The zero-order valence-corrected chi connectivity index (χ0v) is 25.3. The summed E-state index contributed by atoms with van der Waals surface area (Å²) in [5, 5.41) is 2.91. The number of nitrogens with zero attached hydrogens (tertiary/aromatic N) is 2. The molecule has 0 atom stereocenters. The van der Waals surface area contributed by atoms with Crippen molar-refractivity contribution in [2.75, 3.05) is 39.4 Å². The normalized spacial score (nSPS) is 17.0. The van der Waals surface area contributed by atoms with Crippen molar-refractivity contribution in [3.8, 4) is 11.1 Å². The van der Waals surface area contributed by atoms with Gasteiger partial charge in [0.25, 0.3) is 5.91 Å². The van der Waals surface area contributed by atoms with Crippen molar-refractivity contribution in [3.05, 3.63) is 95.0 Å². The standard InChI is InChI=1S/C35H43FN4O3/c1-4-33(37)32(24(2)25(3)34(41)39-17-20-43-23-27-5-6-27)22-38-21-26-15-18-40(19-16-26)35(42)30-9-7-28(8-10-30)29-11-13-31(36)14-12-29/h4,7-14,22,26-27H,1,5-6,15-21,23,37H2,2-3H3,(H,39,41)/b25-24+,33-32?,38-22?. The van der Waals surface area contributed by atoms with Crippen molar-refractivity contribution in [2.24, 2.45) is 22.6 Å². The summed E-state index contributed by atoms with van der Waals surface area (Å²) in [6.07, 6.45) is 7.49. The van der Waals surface area contributed by atoms with Crippen LogP contribution in [0.4, 0.5) is 4.39 Å². The fourth-order valence-corrected chi connectivity index (χ4v) is 5.02. The van der Waals surface area contributed by atoms with E-state index in [1.807, 2.05) is 36.1 Å². The Morgan fingerprint density at radius 2 is 1.63 bits per heavy atom. The summed E-state index contributed by atoms with van der Waals surface area (Å²) < 4.78 is 18.8. The number of piperidine rings is 1. The summed E-state index contributed by atoms with van der Waals surface area (Å²) in [6.45, 7) is 11.1. The van der Waals surface area contributed by atoms with E-state index in [9.17, 15) is 14.0 Å². The van der Waals surface area contributed by atoms with Crippen LogP contribution in [0.1, 0.15) is 49.9 Å². The second kappa shape index (κ2) is 15.4. The molecule has 2 fully saturated rings. The summed E-state index contributed by atoms with van der Waals surface area (Å²) in [5.41, 5.74) is 11.2. The molecule has 0 radical (unpaired) electrons. The van der Waals surface area contributed by atoms with E-state index in [-0.39, 0.29) is 17.6 Å². The highest BCUT2D eigenvalue weighted by Gasteiger charge is 2.24. The summed E-state index contributed by atoms with van der Waals surface area (Å²) in [6, 6.07) is 13.8. The van der Waals surface area contributed by atoms with Crippen LogP contribution >= 0.6 is 0 Å². The topological polar surface area (TPSA) is 97.0 Å². The first-order valence-corrected chi connectivity index (χ1v) is 15.1. The monoisotopic (exact) mass is 586 g/mol. The van der Waals surface area contributed by atoms with Crippen LogP contribution in [-0.4, -0.2) is 62.3 Å². The van der Waals surface area contributed by atoms with Gasteiger partial charge in [-0.2, -0.15) is 0 Å². The van der Waals surface area contributed by atoms with Crippen molar-refractivity contribution >= 4 is 18.0 Å². The molecule has 0 spiro atoms. The van der Waals surface area contributed by atoms with Gasteiger partial charge in [0.1, 0.15) is 5.82 Å². The van der Waals surface area contributed by atoms with E-state index in [0.717, 1.165) is 36.1 Å². The average Bonchev–Trinajstić information content (AvgIpc) is 3.87. The van der Waals surface area contributed by atoms with Gasteiger partial charge in [0.2, 0.25) is 5.91 Å². The first-order chi connectivity index (χ1) is 20.8. The van der Waals surface area contributed by atoms with Crippen LogP contribution in [0.15, 0.2) is 88.6 Å². The molecule has 7 nitrogen and oxygen atoms in total. The van der Waals surface area contributed by atoms with Gasteiger partial charge in [-0.3, -0.25) is 14.6 Å². The number of hydrogen-bond donors (Lipinski definition) is 2. The molecule has 2 aliphatic rings. The maximum atomic E-state index is 13.2. The van der Waals surface area contributed by atoms with E-state index in [1.165, 1.54) is 25.0 Å². The van der Waals surface area contributed by atoms with E-state index < -0.39 is 0 Å². The molecule has 1 saturated heterocycles. The number of benzene rings is 2. The number of ether oxygens (including phenoxy) is 1. The SMILES string of the molecule is C=CC(N)=C(C=NCC1CCN(C(=O)c2ccc(-c3ccc(F)cc3)cc2)CC1)/C(C)=C(\C)C(=O)NCCOCC1CC1. The van der Waals surface area contributed by atoms with Gasteiger partial charge >= 0.3 is 0 Å². The molecular formula is C35H43FN4O3. The minimum atomic E-state index is -0.273. The molecule has 4 rings (SSSR count). The Morgan fingerprint density at radius 3 is 2.23 bits per heavy atom. The predicted octanol–water partition coefficient (Wildman–Crippen LogP) is 5.69. The van der Waals surface area contributed by atoms with E-state index in [0.29, 0.717) is 67.0 Å². The molecule has 2 aromatic carbocycles. The number of allylic oxidation sites excluding steroid dienone is 3. The molecule has 2 amide bonds. The average molecular weight is 587 g/mol. The van der Waals surface area contributed by atoms with Crippen LogP contribution in [0.3, 0.4) is 0 Å². The number of nitrogens with two attached hydrogens (primary N) is 1. The number of aliphatic imine (C=N–C) groups is 1. The lowest BCUT2D eigenvalue weighted by molar-refractivity contribution is -0.117. The van der Waals surface area contributed by atoms with Crippen molar-refractivity contribution in [1.29, 1.82) is 0 Å². The fourth-order valence-electron chi connectivity index (χ4n) is 5.02. The lowest BCUT2D eigenvalue weighted by atomic mass is 9.96. The van der Waals surface area contributed by atoms with E-state index in [2.05, 4.69) is 16.9 Å². The Hall–Kier alpha value is -4.04. The van der Waals surface area contributed by atoms with Gasteiger partial charge < -0.3 is 20.7 Å². The Bertz CT molecular complexity index is 1370. The summed E-state index contributed by atoms with van der Waals surface area (Å²) in [4.78, 5) is 32.4. The van der Waals surface area contributed by atoms with Crippen LogP contribution in [0.25, 0.3) is 11.1 Å². The molecule has 0 unspecified atom stereocenters. The highest BCUT2D eigenvalue weighted by atomic mass is 19.1. The van der Waals surface area contributed by atoms with Gasteiger partial charge in [-0.1, -0.05) is 30.8 Å². The quantitative estimate of drug-likeness (QED) is 0.136. The van der Waals surface area contributed by atoms with Crippen LogP contribution in [0.5, 0.6) is 0 Å². The zero-order valence-electron chi connectivity index (χ0n) is 25.3. The Labute approximate surface area is 254 Å². The van der Waals surface area contributed by atoms with Crippen molar-refractivity contribution in [2.45, 2.75) is 39.5 Å². The fraction of sp³-hybridized carbons (Fsp3) is 0.400. The smallest absolute Gasteiger partial charge is 0.253 e. The van der Waals surface area contributed by atoms with Gasteiger partial charge in [0.15, 0.2) is 0 Å². The maximum absolute atomic E-state index is 13.2. The minimum Gasteiger partial charge on any atom is -0.398 e. The third-order valence-electron chi connectivity index (χ3n) is 8.22. The lowest BCUT2D eigenvalue weighted by Gasteiger charge is -2.31. The first kappa shape index (κ1) is 31.9. The number of halogens is 1. The first-order valence-electron chi connectivity index (χ1n) is 15.1. The van der Waals surface area contributed by atoms with Crippen LogP contribution in [0, 0.1) is 17.7 Å². The molecule has 1 heterocycles. The highest BCUT2D eigenvalue weighted by molar-refractivity contribution is 5.98. The lowest BCUT2D eigenvalue weighted by Crippen LogP contribution is -2.39. The molecule has 0 bridgehead atoms. The Morgan fingerprint density at radius 1 is 1.00 bits per heavy atom. The van der Waals surface area contributed by atoms with Gasteiger partial charge in [0, 0.05) is 61.4 Å². The van der Waals surface area contributed by atoms with Gasteiger partial charge in [-0.25, -0.2) is 4.39 Å². The van der Waals surface area contributed by atoms with E-state index >= 15 is 0 Å². The maximum Gasteiger partial charge on any atom is 0.253 e. The van der Waals surface area contributed by atoms with Crippen LogP contribution in [-0.2, 0) is 9.53 Å². The van der Waals surface area contributed by atoms with E-state index in [1.54, 1.807) is 31.3 Å². The summed E-state index contributed by atoms with van der Waals surface area (Å²) in [5.74, 6) is 0.627. The van der Waals surface area contributed by atoms with Crippen LogP contribution < -0.4 is 11.1 Å². The van der Waals surface area contributed by atoms with Crippen molar-refractivity contribution < 1.29 is 18.7 Å². The van der Waals surface area contributed by atoms with Gasteiger partial charge in [-0.15, -0.1) is 0 Å². The third-order valence-corrected chi connectivity index (χ3v) is 8.22. The molecule has 0 aromatic heterocycles. The van der Waals surface area contributed by atoms with Crippen molar-refractivity contribution in [3.63, 3.8) is 0 Å². The second-order valence-corrected chi connectivity index (χ2v) is 11.4. The molecule has 2 aromatic rings. The Kier molecular flexibility index (Phi) is 11.4. The molecule has 8 heteroatoms. The number of hydrogen-bond acceptors (Lipinski definition) is 5. The highest BCUT2D eigenvalue weighted by Crippen LogP contribution is 2.28. The Balaban J connectivity index is 1.26. The number of carbonyl (C=O) groups excluding carboxylic acids is 2. The molecular weight excluding hydrogens is 543 g/mol. The second-order valence-electron chi connectivity index (χ2n) is 11.4. The molecule has 1 aliphatic heterocycles. The molecule has 43 heavy (non-hydrogen) atoms. The summed E-state index contributed by atoms with van der Waals surface area (Å²) in [7, 11) is 0. The molecule has 1 aliphatic carbocycles. The minimum absolute atomic E-state index is 0.0144. The van der Waals surface area contributed by atoms with Gasteiger partial charge in [-0.05, 0) is 98.4 Å². The number of likely N-dealkylation sites (tertiary alicyclic amines) is 1. The summed E-state index contributed by atoms with van der Waals surface area (Å²) >= 11 is 0. The number of nitrogens with one attached hydrogen (secondary N) is 1. The molecule has 228 valence electrons. The molecule has 3 N–H and O–H groups in total. The largest absolute Gasteiger partial charge is 0.398 e. The number of carbonyl (C=O) groups is 2. The number of rotatable bonds is 13. The third kappa shape index (κ3) is 9.22. The predicted molar refractivity (Wildman–Crippen MR) is 170 cm³/mol. The zero-order chi connectivity index (χ0) is 30.8. The molecule has 1 saturated carbocycles. The number of amides is 2.